The van der Waals surface area contributed by atoms with E-state index in [1.807, 2.05) is 6.92 Å². The van der Waals surface area contributed by atoms with E-state index < -0.39 is 0 Å². The molecule has 0 atom stereocenters. The molecule has 4 aromatic rings. The summed E-state index contributed by atoms with van der Waals surface area (Å²) in [4.78, 5) is 23.8. The van der Waals surface area contributed by atoms with Crippen LogP contribution in [0.4, 0.5) is 0 Å². The first-order valence-corrected chi connectivity index (χ1v) is 8.73. The highest BCUT2D eigenvalue weighted by Gasteiger charge is 2.19. The van der Waals surface area contributed by atoms with Crippen molar-refractivity contribution >= 4 is 22.6 Å². The second kappa shape index (κ2) is 7.65. The fraction of sp³-hybridized carbons (Fsp3) is 0.167. The van der Waals surface area contributed by atoms with E-state index in [9.17, 15) is 0 Å². The number of aromatic nitrogens is 6. The molecule has 0 spiro atoms. The first-order valence-electron chi connectivity index (χ1n) is 8.35. The van der Waals surface area contributed by atoms with Crippen LogP contribution in [0, 0.1) is 0 Å². The average Bonchev–Trinajstić information content (AvgIpc) is 3.04. The van der Waals surface area contributed by atoms with E-state index in [1.54, 1.807) is 25.6 Å². The molecule has 4 rings (SSSR count). The maximum Gasteiger partial charge on any atom is 0.327 e. The molecule has 0 aliphatic heterocycles. The number of nitrogens with zero attached hydrogens (tertiary/aromatic N) is 5. The van der Waals surface area contributed by atoms with Gasteiger partial charge in [0.2, 0.25) is 5.88 Å². The number of hydrogen-bond donors (Lipinski definition) is 1. The van der Waals surface area contributed by atoms with E-state index in [-0.39, 0.29) is 11.9 Å². The minimum atomic E-state index is 0.0636. The Morgan fingerprint density at radius 1 is 0.964 bits per heavy atom. The van der Waals surface area contributed by atoms with E-state index in [2.05, 4.69) is 29.9 Å². The van der Waals surface area contributed by atoms with Crippen LogP contribution in [0.2, 0.25) is 5.02 Å². The summed E-state index contributed by atoms with van der Waals surface area (Å²) >= 11 is 6.51. The van der Waals surface area contributed by atoms with E-state index in [0.717, 1.165) is 5.69 Å². The van der Waals surface area contributed by atoms with Gasteiger partial charge in [-0.2, -0.15) is 9.97 Å². The Kier molecular flexibility index (Phi) is 4.90. The van der Waals surface area contributed by atoms with Crippen molar-refractivity contribution in [3.63, 3.8) is 0 Å². The molecule has 9 nitrogen and oxygen atoms in total. The summed E-state index contributed by atoms with van der Waals surface area (Å²) in [6, 6.07) is 1.75. The largest absolute Gasteiger partial charge is 0.495 e. The SMILES string of the molecule is CCc1[nH]c2nc(Oc3cncnc3)nc(Oc3cncc(OC)c3)c2c1Cl. The molecule has 0 aliphatic rings. The predicted molar refractivity (Wildman–Crippen MR) is 101 cm³/mol. The average molecular weight is 399 g/mol. The quantitative estimate of drug-likeness (QED) is 0.520. The zero-order valence-corrected chi connectivity index (χ0v) is 15.8. The van der Waals surface area contributed by atoms with Crippen LogP contribution >= 0.6 is 11.6 Å². The number of aryl methyl sites for hydroxylation is 1. The van der Waals surface area contributed by atoms with Gasteiger partial charge in [0.1, 0.15) is 23.1 Å². The van der Waals surface area contributed by atoms with Gasteiger partial charge < -0.3 is 19.2 Å². The van der Waals surface area contributed by atoms with Gasteiger partial charge in [0.15, 0.2) is 11.5 Å². The Balaban J connectivity index is 1.80. The Bertz CT molecular complexity index is 1120. The topological polar surface area (TPSA) is 108 Å². The zero-order chi connectivity index (χ0) is 19.5. The fourth-order valence-corrected chi connectivity index (χ4v) is 2.89. The minimum absolute atomic E-state index is 0.0636. The molecule has 4 heterocycles. The number of nitrogens with one attached hydrogen (secondary N) is 1. The Labute approximate surface area is 164 Å². The van der Waals surface area contributed by atoms with Crippen molar-refractivity contribution in [2.24, 2.45) is 0 Å². The maximum absolute atomic E-state index is 6.51. The van der Waals surface area contributed by atoms with Gasteiger partial charge in [-0.3, -0.25) is 4.98 Å². The summed E-state index contributed by atoms with van der Waals surface area (Å²) < 4.78 is 16.8. The molecule has 0 aliphatic carbocycles. The van der Waals surface area contributed by atoms with Gasteiger partial charge in [0.05, 0.1) is 36.9 Å². The van der Waals surface area contributed by atoms with Gasteiger partial charge in [-0.15, -0.1) is 0 Å². The van der Waals surface area contributed by atoms with Crippen molar-refractivity contribution in [1.29, 1.82) is 0 Å². The summed E-state index contributed by atoms with van der Waals surface area (Å²) in [6.07, 6.45) is 8.23. The third kappa shape index (κ3) is 3.52. The lowest BCUT2D eigenvalue weighted by Gasteiger charge is -2.09. The summed E-state index contributed by atoms with van der Waals surface area (Å²) in [7, 11) is 1.55. The molecule has 1 N–H and O–H groups in total. The van der Waals surface area contributed by atoms with Crippen LogP contribution in [0.3, 0.4) is 0 Å². The summed E-state index contributed by atoms with van der Waals surface area (Å²) in [5.74, 6) is 1.61. The van der Waals surface area contributed by atoms with Crippen molar-refractivity contribution in [3.8, 4) is 29.1 Å². The first-order chi connectivity index (χ1) is 13.7. The highest BCUT2D eigenvalue weighted by Crippen LogP contribution is 2.37. The number of ether oxygens (including phenoxy) is 3. The van der Waals surface area contributed by atoms with Crippen molar-refractivity contribution < 1.29 is 14.2 Å². The smallest absolute Gasteiger partial charge is 0.327 e. The predicted octanol–water partition coefficient (Wildman–Crippen LogP) is 3.95. The third-order valence-electron chi connectivity index (χ3n) is 3.85. The van der Waals surface area contributed by atoms with Crippen molar-refractivity contribution in [2.75, 3.05) is 7.11 Å². The number of hydrogen-bond acceptors (Lipinski definition) is 8. The lowest BCUT2D eigenvalue weighted by Crippen LogP contribution is -1.97. The molecule has 0 fully saturated rings. The molecule has 0 bridgehead atoms. The summed E-state index contributed by atoms with van der Waals surface area (Å²) in [5, 5.41) is 1.05. The molecule has 0 amide bonds. The second-order valence-electron chi connectivity index (χ2n) is 5.64. The standard InChI is InChI=1S/C18H15ClN6O3/c1-3-13-15(19)14-16(23-13)24-18(28-12-7-21-9-22-8-12)25-17(14)27-11-4-10(26-2)5-20-6-11/h4-9H,3H2,1-2H3,(H,23,24,25). The molecule has 0 unspecified atom stereocenters. The summed E-state index contributed by atoms with van der Waals surface area (Å²) in [5.41, 5.74) is 1.31. The Morgan fingerprint density at radius 3 is 2.46 bits per heavy atom. The monoisotopic (exact) mass is 398 g/mol. The Hall–Kier alpha value is -3.46. The van der Waals surface area contributed by atoms with E-state index in [1.165, 1.54) is 18.7 Å². The molecule has 28 heavy (non-hydrogen) atoms. The molecule has 4 aromatic heterocycles. The number of methoxy groups -OCH3 is 1. The third-order valence-corrected chi connectivity index (χ3v) is 4.26. The van der Waals surface area contributed by atoms with Crippen molar-refractivity contribution in [1.82, 2.24) is 29.9 Å². The lowest BCUT2D eigenvalue weighted by molar-refractivity contribution is 0.399. The van der Waals surface area contributed by atoms with Gasteiger partial charge in [0, 0.05) is 11.8 Å². The molecular formula is C18H15ClN6O3. The van der Waals surface area contributed by atoms with Crippen LogP contribution in [0.15, 0.2) is 37.2 Å². The zero-order valence-electron chi connectivity index (χ0n) is 15.0. The Morgan fingerprint density at radius 2 is 1.71 bits per heavy atom. The molecule has 142 valence electrons. The van der Waals surface area contributed by atoms with Gasteiger partial charge in [-0.25, -0.2) is 9.97 Å². The highest BCUT2D eigenvalue weighted by molar-refractivity contribution is 6.36. The number of fused-ring (bicyclic) bond motifs is 1. The molecule has 0 radical (unpaired) electrons. The van der Waals surface area contributed by atoms with Gasteiger partial charge >= 0.3 is 6.01 Å². The number of pyridine rings is 1. The van der Waals surface area contributed by atoms with Crippen LogP contribution < -0.4 is 14.2 Å². The van der Waals surface area contributed by atoms with Crippen LogP contribution in [0.1, 0.15) is 12.6 Å². The number of H-pyrrole nitrogens is 1. The van der Waals surface area contributed by atoms with Crippen molar-refractivity contribution in [2.45, 2.75) is 13.3 Å². The molecule has 0 saturated heterocycles. The minimum Gasteiger partial charge on any atom is -0.495 e. The van der Waals surface area contributed by atoms with Crippen LogP contribution in [-0.4, -0.2) is 37.0 Å². The molecular weight excluding hydrogens is 384 g/mol. The summed E-state index contributed by atoms with van der Waals surface area (Å²) in [6.45, 7) is 1.98. The van der Waals surface area contributed by atoms with Crippen LogP contribution in [0.25, 0.3) is 11.0 Å². The van der Waals surface area contributed by atoms with E-state index >= 15 is 0 Å². The highest BCUT2D eigenvalue weighted by atomic mass is 35.5. The van der Waals surface area contributed by atoms with Crippen molar-refractivity contribution in [3.05, 3.63) is 47.9 Å². The van der Waals surface area contributed by atoms with Crippen LogP contribution in [0.5, 0.6) is 29.1 Å². The normalized spacial score (nSPS) is 10.8. The van der Waals surface area contributed by atoms with E-state index in [0.29, 0.717) is 39.7 Å². The van der Waals surface area contributed by atoms with Gasteiger partial charge in [-0.05, 0) is 6.42 Å². The molecule has 10 heteroatoms. The fourth-order valence-electron chi connectivity index (χ4n) is 2.54. The van der Waals surface area contributed by atoms with Gasteiger partial charge in [0.25, 0.3) is 0 Å². The van der Waals surface area contributed by atoms with Gasteiger partial charge in [-0.1, -0.05) is 18.5 Å². The number of rotatable bonds is 6. The number of halogens is 1. The maximum atomic E-state index is 6.51. The molecule has 0 saturated carbocycles. The lowest BCUT2D eigenvalue weighted by atomic mass is 10.3. The molecule has 0 aromatic carbocycles. The van der Waals surface area contributed by atoms with Crippen LogP contribution in [-0.2, 0) is 6.42 Å². The second-order valence-corrected chi connectivity index (χ2v) is 6.02. The first kappa shape index (κ1) is 17.9. The van der Waals surface area contributed by atoms with E-state index in [4.69, 9.17) is 25.8 Å². The number of aromatic amines is 1.